The number of benzene rings is 1. The fourth-order valence-electron chi connectivity index (χ4n) is 1.59. The lowest BCUT2D eigenvalue weighted by atomic mass is 10.1. The van der Waals surface area contributed by atoms with Crippen molar-refractivity contribution in [2.24, 2.45) is 0 Å². The third-order valence-electron chi connectivity index (χ3n) is 2.48. The molecule has 7 nitrogen and oxygen atoms in total. The van der Waals surface area contributed by atoms with Crippen molar-refractivity contribution in [1.82, 2.24) is 0 Å². The standard InChI is InChI=1S/C15H21NO6/c1-5-21-13(19)12(18)9-6-7-11(17)10(8-9)16-14(20)22-15(2,3)4/h6-8,12,17-18H,5H2,1-4H3,(H,16,20). The van der Waals surface area contributed by atoms with Crippen molar-refractivity contribution in [2.45, 2.75) is 39.4 Å². The number of phenolic OH excluding ortho intramolecular Hbond substituents is 1. The van der Waals surface area contributed by atoms with Gasteiger partial charge in [0.15, 0.2) is 6.10 Å². The van der Waals surface area contributed by atoms with Crippen LogP contribution in [0.15, 0.2) is 18.2 Å². The van der Waals surface area contributed by atoms with Gasteiger partial charge in [0.05, 0.1) is 12.3 Å². The van der Waals surface area contributed by atoms with Gasteiger partial charge in [-0.3, -0.25) is 5.32 Å². The molecule has 0 saturated carbocycles. The molecule has 1 aromatic rings. The molecule has 22 heavy (non-hydrogen) atoms. The summed E-state index contributed by atoms with van der Waals surface area (Å²) in [6, 6.07) is 3.89. The Hall–Kier alpha value is -2.28. The maximum Gasteiger partial charge on any atom is 0.412 e. The van der Waals surface area contributed by atoms with Crippen LogP contribution in [0.2, 0.25) is 0 Å². The van der Waals surface area contributed by atoms with Crippen LogP contribution < -0.4 is 5.32 Å². The van der Waals surface area contributed by atoms with E-state index in [2.05, 4.69) is 5.32 Å². The maximum atomic E-state index is 11.7. The average Bonchev–Trinajstić information content (AvgIpc) is 2.38. The SMILES string of the molecule is CCOC(=O)C(O)c1ccc(O)c(NC(=O)OC(C)(C)C)c1. The quantitative estimate of drug-likeness (QED) is 0.582. The van der Waals surface area contributed by atoms with Crippen molar-refractivity contribution in [2.75, 3.05) is 11.9 Å². The van der Waals surface area contributed by atoms with E-state index in [-0.39, 0.29) is 23.6 Å². The molecule has 0 bridgehead atoms. The van der Waals surface area contributed by atoms with E-state index in [4.69, 9.17) is 9.47 Å². The Kier molecular flexibility index (Phi) is 5.76. The number of esters is 1. The Morgan fingerprint density at radius 1 is 1.32 bits per heavy atom. The molecule has 1 aromatic carbocycles. The molecule has 0 aliphatic rings. The zero-order valence-electron chi connectivity index (χ0n) is 13.0. The van der Waals surface area contributed by atoms with Gasteiger partial charge in [-0.1, -0.05) is 6.07 Å². The molecule has 0 fully saturated rings. The summed E-state index contributed by atoms with van der Waals surface area (Å²) in [5, 5.41) is 22.0. The number of phenols is 1. The molecule has 0 spiro atoms. The Bertz CT molecular complexity index is 549. The molecule has 0 aromatic heterocycles. The van der Waals surface area contributed by atoms with Gasteiger partial charge in [-0.05, 0) is 45.4 Å². The van der Waals surface area contributed by atoms with Gasteiger partial charge in [-0.15, -0.1) is 0 Å². The van der Waals surface area contributed by atoms with Crippen molar-refractivity contribution >= 4 is 17.7 Å². The number of rotatable bonds is 4. The predicted octanol–water partition coefficient (Wildman–Crippen LogP) is 2.34. The smallest absolute Gasteiger partial charge is 0.412 e. The number of carbonyl (C=O) groups excluding carboxylic acids is 2. The lowest BCUT2D eigenvalue weighted by Gasteiger charge is -2.20. The highest BCUT2D eigenvalue weighted by Crippen LogP contribution is 2.28. The fraction of sp³-hybridized carbons (Fsp3) is 0.467. The number of aromatic hydroxyl groups is 1. The predicted molar refractivity (Wildman–Crippen MR) is 79.6 cm³/mol. The molecule has 1 amide bonds. The molecular weight excluding hydrogens is 290 g/mol. The van der Waals surface area contributed by atoms with Crippen LogP contribution >= 0.6 is 0 Å². The molecule has 0 heterocycles. The summed E-state index contributed by atoms with van der Waals surface area (Å²) in [5.74, 6) is -1.03. The van der Waals surface area contributed by atoms with Crippen LogP contribution in [0.5, 0.6) is 5.75 Å². The van der Waals surface area contributed by atoms with Gasteiger partial charge in [0.25, 0.3) is 0 Å². The van der Waals surface area contributed by atoms with Crippen LogP contribution in [0, 0.1) is 0 Å². The van der Waals surface area contributed by atoms with E-state index < -0.39 is 23.8 Å². The van der Waals surface area contributed by atoms with E-state index in [1.54, 1.807) is 27.7 Å². The van der Waals surface area contributed by atoms with E-state index in [1.807, 2.05) is 0 Å². The first-order chi connectivity index (χ1) is 10.1. The second-order valence-electron chi connectivity index (χ2n) is 5.56. The number of nitrogens with one attached hydrogen (secondary N) is 1. The van der Waals surface area contributed by atoms with Crippen molar-refractivity contribution in [3.8, 4) is 5.75 Å². The van der Waals surface area contributed by atoms with E-state index in [9.17, 15) is 19.8 Å². The van der Waals surface area contributed by atoms with Gasteiger partial charge >= 0.3 is 12.1 Å². The Morgan fingerprint density at radius 3 is 2.50 bits per heavy atom. The van der Waals surface area contributed by atoms with Gasteiger partial charge in [-0.25, -0.2) is 9.59 Å². The molecule has 0 radical (unpaired) electrons. The summed E-state index contributed by atoms with van der Waals surface area (Å²) in [5.41, 5.74) is -0.487. The van der Waals surface area contributed by atoms with Crippen LogP contribution in [0.4, 0.5) is 10.5 Å². The summed E-state index contributed by atoms with van der Waals surface area (Å²) in [6.07, 6.45) is -2.26. The van der Waals surface area contributed by atoms with Gasteiger partial charge in [0, 0.05) is 0 Å². The highest BCUT2D eigenvalue weighted by atomic mass is 16.6. The van der Waals surface area contributed by atoms with Crippen LogP contribution in [0.1, 0.15) is 39.4 Å². The number of hydrogen-bond acceptors (Lipinski definition) is 6. The van der Waals surface area contributed by atoms with E-state index >= 15 is 0 Å². The van der Waals surface area contributed by atoms with Crippen molar-refractivity contribution in [1.29, 1.82) is 0 Å². The largest absolute Gasteiger partial charge is 0.506 e. The summed E-state index contributed by atoms with van der Waals surface area (Å²) in [4.78, 5) is 23.2. The first kappa shape index (κ1) is 17.8. The molecule has 3 N–H and O–H groups in total. The fourth-order valence-corrected chi connectivity index (χ4v) is 1.59. The summed E-state index contributed by atoms with van der Waals surface area (Å²) in [6.45, 7) is 6.86. The van der Waals surface area contributed by atoms with E-state index in [0.29, 0.717) is 0 Å². The second-order valence-corrected chi connectivity index (χ2v) is 5.56. The first-order valence-corrected chi connectivity index (χ1v) is 6.81. The number of aliphatic hydroxyl groups excluding tert-OH is 1. The molecule has 0 aliphatic carbocycles. The monoisotopic (exact) mass is 311 g/mol. The van der Waals surface area contributed by atoms with Gasteiger partial charge in [0.1, 0.15) is 11.4 Å². The number of aliphatic hydroxyl groups is 1. The molecular formula is C15H21NO6. The van der Waals surface area contributed by atoms with Gasteiger partial charge < -0.3 is 19.7 Å². The van der Waals surface area contributed by atoms with Crippen LogP contribution in [0.25, 0.3) is 0 Å². The molecule has 1 unspecified atom stereocenters. The van der Waals surface area contributed by atoms with E-state index in [0.717, 1.165) is 0 Å². The number of anilines is 1. The molecule has 1 rings (SSSR count). The van der Waals surface area contributed by atoms with Gasteiger partial charge in [-0.2, -0.15) is 0 Å². The second kappa shape index (κ2) is 7.13. The summed E-state index contributed by atoms with van der Waals surface area (Å²) in [7, 11) is 0. The number of carbonyl (C=O) groups is 2. The first-order valence-electron chi connectivity index (χ1n) is 6.81. The number of hydrogen-bond donors (Lipinski definition) is 3. The lowest BCUT2D eigenvalue weighted by Crippen LogP contribution is -2.27. The summed E-state index contributed by atoms with van der Waals surface area (Å²) >= 11 is 0. The maximum absolute atomic E-state index is 11.7. The highest BCUT2D eigenvalue weighted by Gasteiger charge is 2.21. The molecule has 122 valence electrons. The van der Waals surface area contributed by atoms with Gasteiger partial charge in [0.2, 0.25) is 0 Å². The van der Waals surface area contributed by atoms with Crippen molar-refractivity contribution in [3.05, 3.63) is 23.8 Å². The van der Waals surface area contributed by atoms with Crippen molar-refractivity contribution < 1.29 is 29.3 Å². The Morgan fingerprint density at radius 2 is 1.95 bits per heavy atom. The normalized spacial score (nSPS) is 12.4. The summed E-state index contributed by atoms with van der Waals surface area (Å²) < 4.78 is 9.78. The minimum atomic E-state index is -1.50. The van der Waals surface area contributed by atoms with E-state index in [1.165, 1.54) is 18.2 Å². The molecule has 0 aliphatic heterocycles. The molecule has 1 atom stereocenters. The number of amides is 1. The highest BCUT2D eigenvalue weighted by molar-refractivity contribution is 5.87. The average molecular weight is 311 g/mol. The minimum absolute atomic E-state index is 0.0232. The van der Waals surface area contributed by atoms with Crippen molar-refractivity contribution in [3.63, 3.8) is 0 Å². The Balaban J connectivity index is 2.90. The topological polar surface area (TPSA) is 105 Å². The Labute approximate surface area is 128 Å². The van der Waals surface area contributed by atoms with Crippen LogP contribution in [-0.2, 0) is 14.3 Å². The lowest BCUT2D eigenvalue weighted by molar-refractivity contribution is -0.153. The minimum Gasteiger partial charge on any atom is -0.506 e. The molecule has 0 saturated heterocycles. The number of ether oxygens (including phenoxy) is 2. The van der Waals surface area contributed by atoms with Crippen LogP contribution in [-0.4, -0.2) is 34.5 Å². The third-order valence-corrected chi connectivity index (χ3v) is 2.48. The zero-order chi connectivity index (χ0) is 16.9. The molecule has 7 heteroatoms. The van der Waals surface area contributed by atoms with Crippen LogP contribution in [0.3, 0.4) is 0 Å². The third kappa shape index (κ3) is 5.25. The zero-order valence-corrected chi connectivity index (χ0v) is 13.0.